The third-order valence-corrected chi connectivity index (χ3v) is 3.34. The van der Waals surface area contributed by atoms with Gasteiger partial charge in [-0.2, -0.15) is 0 Å². The lowest BCUT2D eigenvalue weighted by Gasteiger charge is -2.06. The molecule has 0 aliphatic rings. The fourth-order valence-electron chi connectivity index (χ4n) is 1.45. The van der Waals surface area contributed by atoms with Gasteiger partial charge >= 0.3 is 6.03 Å². The van der Waals surface area contributed by atoms with Crippen LogP contribution in [0.5, 0.6) is 0 Å². The van der Waals surface area contributed by atoms with Gasteiger partial charge in [0.25, 0.3) is 0 Å². The fraction of sp³-hybridized carbons (Fsp3) is 0.231. The van der Waals surface area contributed by atoms with Crippen LogP contribution in [0, 0.1) is 13.8 Å². The van der Waals surface area contributed by atoms with Crippen LogP contribution in [-0.2, 0) is 6.54 Å². The Morgan fingerprint density at radius 2 is 2.00 bits per heavy atom. The van der Waals surface area contributed by atoms with Crippen molar-refractivity contribution in [2.24, 2.45) is 0 Å². The van der Waals surface area contributed by atoms with Gasteiger partial charge in [-0.25, -0.2) is 9.78 Å². The Morgan fingerprint density at radius 3 is 2.61 bits per heavy atom. The number of hydrogen-bond donors (Lipinski definition) is 2. The lowest BCUT2D eigenvalue weighted by molar-refractivity contribution is 0.251. The zero-order chi connectivity index (χ0) is 13.0. The molecule has 1 heterocycles. The van der Waals surface area contributed by atoms with Crippen molar-refractivity contribution in [3.05, 3.63) is 45.9 Å². The highest BCUT2D eigenvalue weighted by Gasteiger charge is 2.03. The van der Waals surface area contributed by atoms with Crippen LogP contribution < -0.4 is 10.6 Å². The quantitative estimate of drug-likeness (QED) is 0.892. The molecule has 0 saturated heterocycles. The number of hydrogen-bond acceptors (Lipinski definition) is 3. The fourth-order valence-corrected chi connectivity index (χ4v) is 2.16. The monoisotopic (exact) mass is 261 g/mol. The second-order valence-corrected chi connectivity index (χ2v) is 5.00. The van der Waals surface area contributed by atoms with Gasteiger partial charge in [0.15, 0.2) is 0 Å². The predicted molar refractivity (Wildman–Crippen MR) is 73.9 cm³/mol. The minimum Gasteiger partial charge on any atom is -0.331 e. The van der Waals surface area contributed by atoms with E-state index < -0.39 is 0 Å². The normalized spacial score (nSPS) is 10.1. The van der Waals surface area contributed by atoms with Crippen LogP contribution in [0.3, 0.4) is 0 Å². The van der Waals surface area contributed by atoms with Crippen LogP contribution in [-0.4, -0.2) is 11.0 Å². The second-order valence-electron chi connectivity index (χ2n) is 4.06. The molecule has 18 heavy (non-hydrogen) atoms. The van der Waals surface area contributed by atoms with E-state index in [4.69, 9.17) is 0 Å². The number of nitrogens with one attached hydrogen (secondary N) is 2. The number of rotatable bonds is 3. The van der Waals surface area contributed by atoms with Gasteiger partial charge in [-0.1, -0.05) is 17.7 Å². The van der Waals surface area contributed by atoms with Gasteiger partial charge in [0.2, 0.25) is 0 Å². The van der Waals surface area contributed by atoms with E-state index in [1.54, 1.807) is 11.3 Å². The van der Waals surface area contributed by atoms with Crippen LogP contribution in [0.1, 0.15) is 16.3 Å². The Bertz CT molecular complexity index is 533. The first-order valence-corrected chi connectivity index (χ1v) is 6.54. The minimum absolute atomic E-state index is 0.216. The molecule has 2 N–H and O–H groups in total. The van der Waals surface area contributed by atoms with E-state index in [1.165, 1.54) is 5.56 Å². The first-order valence-electron chi connectivity index (χ1n) is 5.66. The van der Waals surface area contributed by atoms with Crippen LogP contribution in [0.2, 0.25) is 0 Å². The van der Waals surface area contributed by atoms with E-state index in [1.807, 2.05) is 43.5 Å². The highest BCUT2D eigenvalue weighted by Crippen LogP contribution is 2.09. The molecule has 0 saturated carbocycles. The van der Waals surface area contributed by atoms with Crippen molar-refractivity contribution in [2.45, 2.75) is 20.4 Å². The number of urea groups is 1. The average Bonchev–Trinajstić information content (AvgIpc) is 2.76. The summed E-state index contributed by atoms with van der Waals surface area (Å²) in [6.45, 7) is 4.40. The molecule has 0 spiro atoms. The topological polar surface area (TPSA) is 54.0 Å². The molecule has 94 valence electrons. The minimum atomic E-state index is -0.216. The Balaban J connectivity index is 1.83. The highest BCUT2D eigenvalue weighted by atomic mass is 32.1. The maximum absolute atomic E-state index is 11.6. The second kappa shape index (κ2) is 5.64. The van der Waals surface area contributed by atoms with Gasteiger partial charge in [0.1, 0.15) is 5.01 Å². The average molecular weight is 261 g/mol. The van der Waals surface area contributed by atoms with Crippen molar-refractivity contribution in [1.82, 2.24) is 10.3 Å². The standard InChI is InChI=1S/C13H15N3OS/c1-9-3-5-11(6-4-9)16-13(17)14-7-12-15-10(2)8-18-12/h3-6,8H,7H2,1-2H3,(H2,14,16,17). The Morgan fingerprint density at radius 1 is 1.28 bits per heavy atom. The van der Waals surface area contributed by atoms with E-state index >= 15 is 0 Å². The zero-order valence-electron chi connectivity index (χ0n) is 10.4. The number of amides is 2. The van der Waals surface area contributed by atoms with E-state index in [0.29, 0.717) is 6.54 Å². The Labute approximate surface area is 110 Å². The number of aromatic nitrogens is 1. The van der Waals surface area contributed by atoms with Gasteiger partial charge in [-0.3, -0.25) is 0 Å². The van der Waals surface area contributed by atoms with Crippen molar-refractivity contribution in [3.8, 4) is 0 Å². The third kappa shape index (κ3) is 3.56. The molecule has 1 aromatic carbocycles. The third-order valence-electron chi connectivity index (χ3n) is 2.38. The number of benzene rings is 1. The van der Waals surface area contributed by atoms with Gasteiger partial charge in [-0.15, -0.1) is 11.3 Å². The first-order chi connectivity index (χ1) is 8.63. The number of carbonyl (C=O) groups is 1. The van der Waals surface area contributed by atoms with Crippen molar-refractivity contribution in [3.63, 3.8) is 0 Å². The van der Waals surface area contributed by atoms with Crippen molar-refractivity contribution < 1.29 is 4.79 Å². The maximum Gasteiger partial charge on any atom is 0.319 e. The van der Waals surface area contributed by atoms with E-state index in [9.17, 15) is 4.79 Å². The van der Waals surface area contributed by atoms with E-state index in [2.05, 4.69) is 15.6 Å². The molecule has 0 radical (unpaired) electrons. The molecular weight excluding hydrogens is 246 g/mol. The van der Waals surface area contributed by atoms with Gasteiger partial charge in [0, 0.05) is 16.8 Å². The molecule has 0 bridgehead atoms. The molecule has 0 aliphatic carbocycles. The molecule has 0 unspecified atom stereocenters. The lowest BCUT2D eigenvalue weighted by Crippen LogP contribution is -2.28. The van der Waals surface area contributed by atoms with Crippen LogP contribution in [0.25, 0.3) is 0 Å². The first kappa shape index (κ1) is 12.6. The molecular formula is C13H15N3OS. The van der Waals surface area contributed by atoms with Crippen LogP contribution in [0.15, 0.2) is 29.6 Å². The molecule has 2 rings (SSSR count). The Kier molecular flexibility index (Phi) is 3.94. The summed E-state index contributed by atoms with van der Waals surface area (Å²) >= 11 is 1.55. The van der Waals surface area contributed by atoms with Gasteiger partial charge in [0.05, 0.1) is 6.54 Å². The van der Waals surface area contributed by atoms with Crippen molar-refractivity contribution in [2.75, 3.05) is 5.32 Å². The number of anilines is 1. The summed E-state index contributed by atoms with van der Waals surface area (Å²) in [5, 5.41) is 8.42. The smallest absolute Gasteiger partial charge is 0.319 e. The predicted octanol–water partition coefficient (Wildman–Crippen LogP) is 3.08. The maximum atomic E-state index is 11.6. The summed E-state index contributed by atoms with van der Waals surface area (Å²) in [7, 11) is 0. The van der Waals surface area contributed by atoms with Crippen LogP contribution >= 0.6 is 11.3 Å². The summed E-state index contributed by atoms with van der Waals surface area (Å²) in [5.41, 5.74) is 2.93. The van der Waals surface area contributed by atoms with Gasteiger partial charge < -0.3 is 10.6 Å². The molecule has 0 aliphatic heterocycles. The number of nitrogens with zero attached hydrogens (tertiary/aromatic N) is 1. The van der Waals surface area contributed by atoms with Crippen molar-refractivity contribution >= 4 is 23.1 Å². The SMILES string of the molecule is Cc1ccc(NC(=O)NCc2nc(C)cs2)cc1. The Hall–Kier alpha value is -1.88. The van der Waals surface area contributed by atoms with Gasteiger partial charge in [-0.05, 0) is 26.0 Å². The molecule has 4 nitrogen and oxygen atoms in total. The number of aryl methyl sites for hydroxylation is 2. The highest BCUT2D eigenvalue weighted by molar-refractivity contribution is 7.09. The lowest BCUT2D eigenvalue weighted by atomic mass is 10.2. The zero-order valence-corrected chi connectivity index (χ0v) is 11.2. The molecule has 0 atom stereocenters. The largest absolute Gasteiger partial charge is 0.331 e. The number of thiazole rings is 1. The molecule has 1 aromatic heterocycles. The van der Waals surface area contributed by atoms with Crippen LogP contribution in [0.4, 0.5) is 10.5 Å². The van der Waals surface area contributed by atoms with E-state index in [-0.39, 0.29) is 6.03 Å². The summed E-state index contributed by atoms with van der Waals surface area (Å²) in [6, 6.07) is 7.46. The summed E-state index contributed by atoms with van der Waals surface area (Å²) in [5.74, 6) is 0. The molecule has 2 aromatic rings. The van der Waals surface area contributed by atoms with E-state index in [0.717, 1.165) is 16.4 Å². The van der Waals surface area contributed by atoms with Crippen molar-refractivity contribution in [1.29, 1.82) is 0 Å². The number of carbonyl (C=O) groups excluding carboxylic acids is 1. The summed E-state index contributed by atoms with van der Waals surface area (Å²) in [4.78, 5) is 15.9. The summed E-state index contributed by atoms with van der Waals surface area (Å²) < 4.78 is 0. The molecule has 5 heteroatoms. The molecule has 2 amide bonds. The molecule has 0 fully saturated rings. The summed E-state index contributed by atoms with van der Waals surface area (Å²) in [6.07, 6.45) is 0.